The van der Waals surface area contributed by atoms with Crippen LogP contribution in [0.15, 0.2) is 30.3 Å². The van der Waals surface area contributed by atoms with Crippen molar-refractivity contribution in [2.75, 3.05) is 45.9 Å². The fourth-order valence-corrected chi connectivity index (χ4v) is 12.8. The first-order valence-corrected chi connectivity index (χ1v) is 31.8. The third-order valence-electron chi connectivity index (χ3n) is 18.1. The smallest absolute Gasteiger partial charge is 0.349 e. The zero-order chi connectivity index (χ0) is 70.2. The number of nitrogens with two attached hydrogens (primary N) is 6. The number of amides is 11. The number of nitrogens with one attached hydrogen (secondary N) is 3. The van der Waals surface area contributed by atoms with E-state index >= 15 is 0 Å². The maximum Gasteiger partial charge on any atom is 0.349 e. The highest BCUT2D eigenvalue weighted by Crippen LogP contribution is 2.37. The van der Waals surface area contributed by atoms with Gasteiger partial charge in [0.2, 0.25) is 65.0 Å². The second-order valence-electron chi connectivity index (χ2n) is 24.9. The van der Waals surface area contributed by atoms with E-state index in [0.717, 1.165) is 5.56 Å². The molecule has 6 aliphatic heterocycles. The van der Waals surface area contributed by atoms with E-state index in [4.69, 9.17) is 39.7 Å². The summed E-state index contributed by atoms with van der Waals surface area (Å²) in [4.78, 5) is 165. The molecule has 6 aliphatic rings. The van der Waals surface area contributed by atoms with Crippen molar-refractivity contribution in [3.8, 4) is 0 Å². The molecule has 0 aliphatic carbocycles. The molecule has 4 unspecified atom stereocenters. The van der Waals surface area contributed by atoms with E-state index in [1.54, 1.807) is 0 Å². The molecule has 11 amide bonds. The van der Waals surface area contributed by atoms with Gasteiger partial charge in [-0.1, -0.05) is 30.3 Å². The number of hydrogen-bond acceptors (Lipinski definition) is 23. The quantitative estimate of drug-likeness (QED) is 0.0453. The molecule has 21 N–H and O–H groups in total. The molecule has 94 heavy (non-hydrogen) atoms. The van der Waals surface area contributed by atoms with E-state index < -0.39 is 162 Å². The normalized spacial score (nSPS) is 25.3. The Morgan fingerprint density at radius 1 is 0.500 bits per heavy atom. The molecule has 34 nitrogen and oxygen atoms in total. The highest BCUT2D eigenvalue weighted by molar-refractivity contribution is 5.99. The van der Waals surface area contributed by atoms with E-state index in [2.05, 4.69) is 20.8 Å². The van der Waals surface area contributed by atoms with Gasteiger partial charge in [-0.25, -0.2) is 4.79 Å². The molecule has 7 rings (SSSR count). The maximum absolute atomic E-state index is 13.9. The zero-order valence-corrected chi connectivity index (χ0v) is 53.9. The number of primary amides is 2. The molecule has 0 bridgehead atoms. The molecule has 6 heterocycles. The van der Waals surface area contributed by atoms with E-state index in [-0.39, 0.29) is 30.7 Å². The molecule has 6 fully saturated rings. The Morgan fingerprint density at radius 3 is 1.26 bits per heavy atom. The summed E-state index contributed by atoms with van der Waals surface area (Å²) >= 11 is 0. The second-order valence-corrected chi connectivity index (χ2v) is 24.9. The van der Waals surface area contributed by atoms with Gasteiger partial charge in [-0.2, -0.15) is 5.90 Å². The topological polar surface area (TPSA) is 547 Å². The fraction of sp³-hybridized carbons (Fsp3) is 0.700. The van der Waals surface area contributed by atoms with E-state index in [1.165, 1.54) is 64.0 Å². The first-order chi connectivity index (χ1) is 44.3. The Morgan fingerprint density at radius 2 is 0.872 bits per heavy atom. The lowest BCUT2D eigenvalue weighted by Crippen LogP contribution is -2.65. The summed E-state index contributed by atoms with van der Waals surface area (Å²) in [7, 11) is 0. The summed E-state index contributed by atoms with van der Waals surface area (Å²) in [6, 6.07) is -2.09. The molecule has 17 atom stereocenters. The van der Waals surface area contributed by atoms with Crippen LogP contribution in [0.2, 0.25) is 0 Å². The Kier molecular flexibility index (Phi) is 28.5. The Hall–Kier alpha value is -7.54. The van der Waals surface area contributed by atoms with Crippen LogP contribution in [0.25, 0.3) is 0 Å². The summed E-state index contributed by atoms with van der Waals surface area (Å²) in [5.41, 5.74) is 27.3. The average Bonchev–Trinajstić information content (AvgIpc) is 1.54. The minimum atomic E-state index is -1.36. The lowest BCUT2D eigenvalue weighted by atomic mass is 9.86. The first-order valence-electron chi connectivity index (χ1n) is 31.8. The number of rotatable bonds is 23. The number of aliphatic hydroxyl groups is 6. The first kappa shape index (κ1) is 77.2. The van der Waals surface area contributed by atoms with Crippen molar-refractivity contribution in [2.45, 2.75) is 221 Å². The number of benzene rings is 1. The molecule has 526 valence electrons. The molecule has 1 aromatic rings. The van der Waals surface area contributed by atoms with Crippen molar-refractivity contribution in [3.63, 3.8) is 0 Å². The summed E-state index contributed by atoms with van der Waals surface area (Å²) < 4.78 is 0. The molecule has 34 heteroatoms. The summed E-state index contributed by atoms with van der Waals surface area (Å²) in [6.07, 6.45) is 0.325. The Labute approximate surface area is 544 Å². The predicted molar refractivity (Wildman–Crippen MR) is 331 cm³/mol. The van der Waals surface area contributed by atoms with Gasteiger partial charge in [0.15, 0.2) is 6.04 Å². The van der Waals surface area contributed by atoms with E-state index in [9.17, 15) is 83.1 Å². The monoisotopic (exact) mass is 1330 g/mol. The minimum absolute atomic E-state index is 0.185. The van der Waals surface area contributed by atoms with Crippen LogP contribution in [0.4, 0.5) is 0 Å². The molecule has 6 saturated heterocycles. The van der Waals surface area contributed by atoms with Crippen LogP contribution in [0.1, 0.15) is 117 Å². The lowest BCUT2D eigenvalue weighted by Gasteiger charge is -2.41. The van der Waals surface area contributed by atoms with Gasteiger partial charge >= 0.3 is 5.97 Å². The van der Waals surface area contributed by atoms with Crippen LogP contribution in [0.3, 0.4) is 0 Å². The second kappa shape index (κ2) is 34.7. The largest absolute Gasteiger partial charge is 0.394 e. The van der Waals surface area contributed by atoms with Gasteiger partial charge < -0.3 is 109 Å². The maximum atomic E-state index is 13.9. The van der Waals surface area contributed by atoms with Gasteiger partial charge in [-0.3, -0.25) is 52.7 Å². The molecule has 0 radical (unpaired) electrons. The van der Waals surface area contributed by atoms with Crippen LogP contribution in [-0.2, 0) is 68.8 Å². The molecule has 1 aromatic carbocycles. The third-order valence-corrected chi connectivity index (χ3v) is 18.1. The van der Waals surface area contributed by atoms with Crippen molar-refractivity contribution >= 4 is 70.9 Å². The number of likely N-dealkylation sites (tertiary alicyclic amines) is 6. The average molecular weight is 1330 g/mol. The predicted octanol–water partition coefficient (Wildman–Crippen LogP) is -7.76. The van der Waals surface area contributed by atoms with Crippen molar-refractivity contribution < 1.29 is 93.0 Å². The lowest BCUT2D eigenvalue weighted by molar-refractivity contribution is -0.153. The number of nitrogens with zero attached hydrogens (tertiary/aromatic N) is 6. The van der Waals surface area contributed by atoms with Crippen LogP contribution < -0.4 is 50.5 Å². The number of carbonyl (C=O) groups is 12. The molecular weight excluding hydrogens is 1230 g/mol. The van der Waals surface area contributed by atoms with Crippen LogP contribution in [0.5, 0.6) is 0 Å². The van der Waals surface area contributed by atoms with Gasteiger partial charge in [0.1, 0.15) is 66.0 Å². The SMILES string of the molecule is C[C@@H](O)C(N)C(=O)N1CCC[C@H]1C(=O)N1CCCC1(Cc1ccccc1)C(=O)NC(C(N)=O)[C@@H](C)O.C[C@@H](O)[C@H](N)C(=O)N1CCC[C@H]1C(=O)N1CCC[C@H]1C(=O)N[C@H](C(N)=O)[C@@H](C)O.C[C@@H](O)[C@H](NC(=O)[C@@H]1CCCN1C(=O)[C@@H]1CCCN1C(=O)C(N)CO)C(=O)ON. The van der Waals surface area contributed by atoms with Gasteiger partial charge in [0, 0.05) is 45.7 Å². The zero-order valence-electron chi connectivity index (χ0n) is 53.9. The molecular formula is C60H97N15O19. The van der Waals surface area contributed by atoms with Crippen molar-refractivity contribution in [1.29, 1.82) is 0 Å². The highest BCUT2D eigenvalue weighted by Gasteiger charge is 2.54. The van der Waals surface area contributed by atoms with Crippen molar-refractivity contribution in [2.24, 2.45) is 34.6 Å². The minimum Gasteiger partial charge on any atom is -0.394 e. The standard InChI is InChI=1S/C25H37N5O6.C18H31N5O6.C17H29N5O7/c1-15(31)19(26)23(35)29-12-6-10-18(29)22(34)30-13-7-11-25(30,14-17-8-4-3-5-9-17)24(36)28-20(16(2)32)21(27)33;1-9(24)13(19)18(29)23-8-4-6-12(23)17(28)22-7-3-5-11(22)16(27)21-14(10(2)25)15(20)26;1-9(24)13(17(28)29-19)20-14(25)11-4-2-6-21(11)16(27)12-5-3-7-22(12)15(26)10(18)8-23/h3-5,8-9,15-16,18-20,31-32H,6-7,10-14,26H2,1-2H3,(H2,27,33)(H,28,36);9-14,24-25H,3-8,19H2,1-2H3,(H2,20,26)(H,21,27);9-13,23-24H,2-8,18-19H2,1H3,(H,20,25)/t15-,16-,18+,19?,20?,25?;9-,10-,11+,12+,13+,14+;9-,10?,11+,12+,13+/m111/s1. The van der Waals surface area contributed by atoms with E-state index in [1.807, 2.05) is 30.3 Å². The van der Waals surface area contributed by atoms with Crippen LogP contribution in [-0.4, -0.2) is 279 Å². The van der Waals surface area contributed by atoms with Gasteiger partial charge in [0.25, 0.3) is 0 Å². The van der Waals surface area contributed by atoms with Crippen LogP contribution >= 0.6 is 0 Å². The van der Waals surface area contributed by atoms with Crippen LogP contribution in [0, 0.1) is 0 Å². The number of carbonyl (C=O) groups excluding carboxylic acids is 12. The van der Waals surface area contributed by atoms with Crippen molar-refractivity contribution in [3.05, 3.63) is 35.9 Å². The Bertz CT molecular complexity index is 2850. The number of aliphatic hydroxyl groups excluding tert-OH is 6. The molecule has 0 saturated carbocycles. The highest BCUT2D eigenvalue weighted by atomic mass is 16.7. The molecule has 0 aromatic heterocycles. The van der Waals surface area contributed by atoms with Gasteiger partial charge in [-0.05, 0) is 117 Å². The fourth-order valence-electron chi connectivity index (χ4n) is 12.8. The summed E-state index contributed by atoms with van der Waals surface area (Å²) in [5, 5.41) is 65.2. The van der Waals surface area contributed by atoms with Gasteiger partial charge in [-0.15, -0.1) is 0 Å². The summed E-state index contributed by atoms with van der Waals surface area (Å²) in [6.45, 7) is 8.27. The summed E-state index contributed by atoms with van der Waals surface area (Å²) in [5.74, 6) is -2.35. The third kappa shape index (κ3) is 18.5. The number of hydrogen-bond donors (Lipinski definition) is 15. The van der Waals surface area contributed by atoms with Gasteiger partial charge in [0.05, 0.1) is 37.1 Å². The molecule has 0 spiro atoms. The Balaban J connectivity index is 0.000000258. The van der Waals surface area contributed by atoms with Crippen molar-refractivity contribution in [1.82, 2.24) is 45.3 Å². The van der Waals surface area contributed by atoms with E-state index in [0.29, 0.717) is 110 Å².